The van der Waals surface area contributed by atoms with Gasteiger partial charge in [0.2, 0.25) is 0 Å². The van der Waals surface area contributed by atoms with Gasteiger partial charge in [0.05, 0.1) is 19.1 Å². The van der Waals surface area contributed by atoms with Crippen molar-refractivity contribution in [3.63, 3.8) is 0 Å². The van der Waals surface area contributed by atoms with Crippen molar-refractivity contribution in [2.24, 2.45) is 5.73 Å². The summed E-state index contributed by atoms with van der Waals surface area (Å²) >= 11 is 0. The number of carbonyl (C=O) groups is 1. The number of nitrogens with one attached hydrogen (secondary N) is 3. The van der Waals surface area contributed by atoms with Gasteiger partial charge in [-0.3, -0.25) is 15.5 Å². The zero-order chi connectivity index (χ0) is 24.9. The van der Waals surface area contributed by atoms with E-state index in [2.05, 4.69) is 23.8 Å². The maximum atomic E-state index is 11.2. The van der Waals surface area contributed by atoms with E-state index in [4.69, 9.17) is 25.7 Å². The van der Waals surface area contributed by atoms with Gasteiger partial charge in [0, 0.05) is 12.1 Å². The fourth-order valence-electron chi connectivity index (χ4n) is 3.05. The Morgan fingerprint density at radius 3 is 2.56 bits per heavy atom. The van der Waals surface area contributed by atoms with Crippen LogP contribution in [0.1, 0.15) is 24.0 Å². The molecule has 0 aliphatic heterocycles. The number of rotatable bonds is 16. The topological polar surface area (TPSA) is 150 Å². The van der Waals surface area contributed by atoms with E-state index < -0.39 is 18.2 Å². The number of carboxylic acids is 1. The molecule has 2 atom stereocenters. The molecule has 0 aromatic heterocycles. The maximum Gasteiger partial charge on any atom is 0.307 e. The molecule has 0 aliphatic rings. The average Bonchev–Trinajstić information content (AvgIpc) is 2.81. The zero-order valence-corrected chi connectivity index (χ0v) is 19.0. The Hall–Kier alpha value is -3.82. The SMILES string of the molecule is C=C(N[C@@H](C(=C)CC(=O)O)C(O)NCCCOc1cccc(C(=N)N)c1)OCc1ccccc1. The minimum Gasteiger partial charge on any atom is -0.494 e. The van der Waals surface area contributed by atoms with E-state index in [0.717, 1.165) is 5.56 Å². The Morgan fingerprint density at radius 1 is 1.15 bits per heavy atom. The van der Waals surface area contributed by atoms with E-state index in [1.807, 2.05) is 30.3 Å². The van der Waals surface area contributed by atoms with Crippen LogP contribution in [0.15, 0.2) is 79.2 Å². The highest BCUT2D eigenvalue weighted by Crippen LogP contribution is 2.14. The molecule has 0 saturated heterocycles. The molecule has 0 radical (unpaired) electrons. The molecule has 9 heteroatoms. The third-order valence-electron chi connectivity index (χ3n) is 4.79. The number of ether oxygens (including phenoxy) is 2. The second-order valence-corrected chi connectivity index (χ2v) is 7.59. The largest absolute Gasteiger partial charge is 0.494 e. The van der Waals surface area contributed by atoms with Gasteiger partial charge in [-0.1, -0.05) is 49.0 Å². The molecule has 2 aromatic carbocycles. The van der Waals surface area contributed by atoms with Crippen molar-refractivity contribution in [1.82, 2.24) is 10.6 Å². The summed E-state index contributed by atoms with van der Waals surface area (Å²) in [4.78, 5) is 11.2. The second-order valence-electron chi connectivity index (χ2n) is 7.59. The number of nitrogens with two attached hydrogens (primary N) is 1. The molecule has 182 valence electrons. The normalized spacial score (nSPS) is 12.3. The summed E-state index contributed by atoms with van der Waals surface area (Å²) in [7, 11) is 0. The van der Waals surface area contributed by atoms with Crippen molar-refractivity contribution in [3.8, 4) is 5.75 Å². The number of carboxylic acid groups (broad SMARTS) is 1. The molecule has 0 heterocycles. The Kier molecular flexibility index (Phi) is 10.6. The fourth-order valence-corrected chi connectivity index (χ4v) is 3.05. The van der Waals surface area contributed by atoms with Crippen LogP contribution in [0.3, 0.4) is 0 Å². The Labute approximate surface area is 199 Å². The molecule has 0 amide bonds. The number of amidine groups is 1. The van der Waals surface area contributed by atoms with E-state index in [1.165, 1.54) is 0 Å². The van der Waals surface area contributed by atoms with Crippen molar-refractivity contribution in [3.05, 3.63) is 90.3 Å². The van der Waals surface area contributed by atoms with Gasteiger partial charge in [-0.15, -0.1) is 0 Å². The quantitative estimate of drug-likeness (QED) is 0.0549. The fraction of sp³-hybridized carbons (Fsp3) is 0.280. The molecule has 2 rings (SSSR count). The predicted octanol–water partition coefficient (Wildman–Crippen LogP) is 2.32. The highest BCUT2D eigenvalue weighted by Gasteiger charge is 2.24. The van der Waals surface area contributed by atoms with Gasteiger partial charge in [0.15, 0.2) is 5.88 Å². The first kappa shape index (κ1) is 26.4. The Morgan fingerprint density at radius 2 is 1.88 bits per heavy atom. The van der Waals surface area contributed by atoms with Crippen LogP contribution in [0.2, 0.25) is 0 Å². The van der Waals surface area contributed by atoms with Crippen molar-refractivity contribution in [1.29, 1.82) is 5.41 Å². The summed E-state index contributed by atoms with van der Waals surface area (Å²) in [5.74, 6) is -0.310. The van der Waals surface area contributed by atoms with Gasteiger partial charge < -0.3 is 30.7 Å². The molecule has 0 bridgehead atoms. The summed E-state index contributed by atoms with van der Waals surface area (Å²) in [5.41, 5.74) is 7.27. The lowest BCUT2D eigenvalue weighted by Crippen LogP contribution is -2.49. The molecule has 7 N–H and O–H groups in total. The standard InChI is InChI=1S/C25H32N4O5/c1-17(14-22(30)31)23(29-18(2)34-16-19-8-4-3-5-9-19)25(32)28-12-7-13-33-21-11-6-10-20(15-21)24(26)27/h3-6,8-11,15,23,25,28-29,32H,1-2,7,12-14,16H2,(H3,26,27)(H,30,31)/t23-,25?/m0/s1. The number of nitrogen functional groups attached to an aromatic ring is 1. The summed E-state index contributed by atoms with van der Waals surface area (Å²) in [6.45, 7) is 8.64. The van der Waals surface area contributed by atoms with Gasteiger partial charge in [-0.25, -0.2) is 0 Å². The monoisotopic (exact) mass is 468 g/mol. The lowest BCUT2D eigenvalue weighted by atomic mass is 10.0. The van der Waals surface area contributed by atoms with Crippen LogP contribution in [-0.4, -0.2) is 47.4 Å². The lowest BCUT2D eigenvalue weighted by Gasteiger charge is -2.28. The number of benzene rings is 2. The first-order valence-corrected chi connectivity index (χ1v) is 10.8. The highest BCUT2D eigenvalue weighted by atomic mass is 16.5. The van der Waals surface area contributed by atoms with E-state index in [-0.39, 0.29) is 30.3 Å². The molecule has 2 aromatic rings. The maximum absolute atomic E-state index is 11.2. The minimum atomic E-state index is -1.13. The predicted molar refractivity (Wildman–Crippen MR) is 130 cm³/mol. The molecule has 0 aliphatic carbocycles. The second kappa shape index (κ2) is 13.7. The van der Waals surface area contributed by atoms with Gasteiger partial charge >= 0.3 is 5.97 Å². The molecule has 9 nitrogen and oxygen atoms in total. The van der Waals surface area contributed by atoms with Crippen LogP contribution in [0.25, 0.3) is 0 Å². The van der Waals surface area contributed by atoms with Crippen LogP contribution in [0.5, 0.6) is 5.75 Å². The minimum absolute atomic E-state index is 0.0373. The molecular formula is C25H32N4O5. The van der Waals surface area contributed by atoms with Crippen LogP contribution in [0.4, 0.5) is 0 Å². The molecule has 0 spiro atoms. The van der Waals surface area contributed by atoms with Crippen LogP contribution in [0, 0.1) is 5.41 Å². The summed E-state index contributed by atoms with van der Waals surface area (Å²) in [5, 5.41) is 33.1. The van der Waals surface area contributed by atoms with Crippen LogP contribution < -0.4 is 21.1 Å². The average molecular weight is 469 g/mol. The van der Waals surface area contributed by atoms with Gasteiger partial charge in [0.1, 0.15) is 24.4 Å². The van der Waals surface area contributed by atoms with E-state index in [1.54, 1.807) is 24.3 Å². The summed E-state index contributed by atoms with van der Waals surface area (Å²) in [6.07, 6.45) is -0.895. The van der Waals surface area contributed by atoms with Gasteiger partial charge in [-0.05, 0) is 36.3 Å². The van der Waals surface area contributed by atoms with Crippen molar-refractivity contribution in [2.45, 2.75) is 31.7 Å². The van der Waals surface area contributed by atoms with Gasteiger partial charge in [-0.2, -0.15) is 0 Å². The Balaban J connectivity index is 1.83. The van der Waals surface area contributed by atoms with E-state index in [9.17, 15) is 9.90 Å². The first-order chi connectivity index (χ1) is 16.3. The molecule has 1 unspecified atom stereocenters. The van der Waals surface area contributed by atoms with Crippen LogP contribution in [-0.2, 0) is 16.1 Å². The smallest absolute Gasteiger partial charge is 0.307 e. The first-order valence-electron chi connectivity index (χ1n) is 10.8. The van der Waals surface area contributed by atoms with Crippen molar-refractivity contribution >= 4 is 11.8 Å². The third-order valence-corrected chi connectivity index (χ3v) is 4.79. The molecular weight excluding hydrogens is 436 g/mol. The number of hydrogen-bond donors (Lipinski definition) is 6. The van der Waals surface area contributed by atoms with E-state index in [0.29, 0.717) is 30.9 Å². The number of hydrogen-bond acceptors (Lipinski definition) is 7. The number of aliphatic hydroxyl groups is 1. The van der Waals surface area contributed by atoms with Gasteiger partial charge in [0.25, 0.3) is 0 Å². The number of aliphatic carboxylic acids is 1. The van der Waals surface area contributed by atoms with Crippen molar-refractivity contribution in [2.75, 3.05) is 13.2 Å². The Bertz CT molecular complexity index is 980. The third kappa shape index (κ3) is 9.35. The summed E-state index contributed by atoms with van der Waals surface area (Å²) in [6, 6.07) is 15.6. The molecule has 0 fully saturated rings. The lowest BCUT2D eigenvalue weighted by molar-refractivity contribution is -0.136. The summed E-state index contributed by atoms with van der Waals surface area (Å²) < 4.78 is 11.3. The highest BCUT2D eigenvalue weighted by molar-refractivity contribution is 5.95. The zero-order valence-electron chi connectivity index (χ0n) is 19.0. The van der Waals surface area contributed by atoms with Crippen LogP contribution >= 0.6 is 0 Å². The number of aliphatic hydroxyl groups excluding tert-OH is 1. The molecule has 34 heavy (non-hydrogen) atoms. The molecule has 0 saturated carbocycles. The van der Waals surface area contributed by atoms with Crippen molar-refractivity contribution < 1.29 is 24.5 Å². The van der Waals surface area contributed by atoms with E-state index >= 15 is 0 Å².